The third-order valence-corrected chi connectivity index (χ3v) is 7.51. The van der Waals surface area contributed by atoms with E-state index in [1.807, 2.05) is 0 Å². The van der Waals surface area contributed by atoms with Gasteiger partial charge in [-0.25, -0.2) is 4.79 Å². The van der Waals surface area contributed by atoms with Crippen LogP contribution in [0.25, 0.3) is 0 Å². The number of ether oxygens (including phenoxy) is 1. The summed E-state index contributed by atoms with van der Waals surface area (Å²) in [6, 6.07) is 5.34. The lowest BCUT2D eigenvalue weighted by Gasteiger charge is -2.08. The highest BCUT2D eigenvalue weighted by Crippen LogP contribution is 2.34. The first kappa shape index (κ1) is 28.5. The van der Waals surface area contributed by atoms with Gasteiger partial charge < -0.3 is 19.9 Å². The van der Waals surface area contributed by atoms with E-state index in [1.165, 1.54) is 31.2 Å². The number of anilines is 1. The molecule has 0 aliphatic carbocycles. The highest BCUT2D eigenvalue weighted by Gasteiger charge is 2.25. The Morgan fingerprint density at radius 2 is 1.97 bits per heavy atom. The highest BCUT2D eigenvalue weighted by atomic mass is 32.2. The van der Waals surface area contributed by atoms with Crippen LogP contribution in [-0.2, 0) is 23.1 Å². The van der Waals surface area contributed by atoms with Crippen LogP contribution in [0, 0.1) is 17.0 Å². The zero-order valence-electron chi connectivity index (χ0n) is 20.9. The van der Waals surface area contributed by atoms with E-state index in [0.29, 0.717) is 21.4 Å². The number of nitrogens with zero attached hydrogens (tertiary/aromatic N) is 4. The van der Waals surface area contributed by atoms with Crippen LogP contribution in [0.15, 0.2) is 29.4 Å². The van der Waals surface area contributed by atoms with Gasteiger partial charge in [0.1, 0.15) is 5.00 Å². The predicted octanol–water partition coefficient (Wildman–Crippen LogP) is 3.13. The molecule has 0 aliphatic rings. The van der Waals surface area contributed by atoms with Crippen molar-refractivity contribution in [2.45, 2.75) is 32.5 Å². The third-order valence-electron chi connectivity index (χ3n) is 5.18. The number of non-ortho nitro benzene ring substituents is 1. The van der Waals surface area contributed by atoms with Crippen LogP contribution in [-0.4, -0.2) is 55.6 Å². The maximum absolute atomic E-state index is 12.6. The van der Waals surface area contributed by atoms with E-state index in [-0.39, 0.29) is 46.5 Å². The number of carbonyl (C=O) groups excluding carboxylic acids is 4. The molecular formula is C23H24N6O7S2. The van der Waals surface area contributed by atoms with Crippen molar-refractivity contribution in [2.75, 3.05) is 17.7 Å². The maximum atomic E-state index is 12.6. The molecule has 0 unspecified atom stereocenters. The number of Topliss-reactive ketones (excluding diaryl/α,β-unsaturated/α-hetero) is 1. The van der Waals surface area contributed by atoms with Crippen molar-refractivity contribution in [1.82, 2.24) is 20.1 Å². The van der Waals surface area contributed by atoms with Crippen molar-refractivity contribution in [3.05, 3.63) is 61.8 Å². The number of nitro benzene ring substituents is 1. The van der Waals surface area contributed by atoms with Crippen LogP contribution in [0.1, 0.15) is 55.6 Å². The van der Waals surface area contributed by atoms with Gasteiger partial charge in [0.15, 0.2) is 16.8 Å². The fourth-order valence-corrected chi connectivity index (χ4v) is 5.16. The van der Waals surface area contributed by atoms with Crippen molar-refractivity contribution in [1.29, 1.82) is 0 Å². The molecule has 2 N–H and O–H groups in total. The number of ketones is 1. The van der Waals surface area contributed by atoms with E-state index in [2.05, 4.69) is 20.8 Å². The standard InChI is InChI=1S/C23H24N6O7S2/c1-5-36-22(33)18-12(2)19(13(3)30)38-21(18)25-17(31)11-37-23-27-26-16(28(23)4)10-24-20(32)14-7-6-8-15(9-14)29(34)35/h6-9H,5,10-11H2,1-4H3,(H,24,32)(H,25,31). The maximum Gasteiger partial charge on any atom is 0.341 e. The van der Waals surface area contributed by atoms with Crippen molar-refractivity contribution < 1.29 is 28.8 Å². The number of benzene rings is 1. The lowest BCUT2D eigenvalue weighted by molar-refractivity contribution is -0.384. The Balaban J connectivity index is 1.62. The minimum absolute atomic E-state index is 0.00295. The van der Waals surface area contributed by atoms with Gasteiger partial charge in [0.25, 0.3) is 11.6 Å². The first-order valence-corrected chi connectivity index (χ1v) is 13.0. The summed E-state index contributed by atoms with van der Waals surface area (Å²) in [6.45, 7) is 4.82. The van der Waals surface area contributed by atoms with Gasteiger partial charge in [0.2, 0.25) is 5.91 Å². The Hall–Kier alpha value is -4.11. The fraction of sp³-hybridized carbons (Fsp3) is 0.304. The summed E-state index contributed by atoms with van der Waals surface area (Å²) in [5, 5.41) is 24.9. The molecule has 13 nitrogen and oxygen atoms in total. The second kappa shape index (κ2) is 12.4. The van der Waals surface area contributed by atoms with Crippen molar-refractivity contribution in [3.63, 3.8) is 0 Å². The van der Waals surface area contributed by atoms with Crippen molar-refractivity contribution in [3.8, 4) is 0 Å². The Morgan fingerprint density at radius 3 is 2.63 bits per heavy atom. The SMILES string of the molecule is CCOC(=O)c1c(NC(=O)CSc2nnc(CNC(=O)c3cccc([N+](=O)[O-])c3)n2C)sc(C(C)=O)c1C. The van der Waals surface area contributed by atoms with Gasteiger partial charge in [-0.05, 0) is 32.4 Å². The van der Waals surface area contributed by atoms with Gasteiger partial charge in [-0.2, -0.15) is 0 Å². The van der Waals surface area contributed by atoms with Gasteiger partial charge in [-0.3, -0.25) is 24.5 Å². The van der Waals surface area contributed by atoms with Crippen LogP contribution in [0.5, 0.6) is 0 Å². The molecule has 2 heterocycles. The number of hydrogen-bond donors (Lipinski definition) is 2. The zero-order chi connectivity index (χ0) is 28.0. The zero-order valence-corrected chi connectivity index (χ0v) is 22.5. The van der Waals surface area contributed by atoms with Gasteiger partial charge in [-0.1, -0.05) is 17.8 Å². The molecule has 38 heavy (non-hydrogen) atoms. The smallest absolute Gasteiger partial charge is 0.341 e. The first-order valence-electron chi connectivity index (χ1n) is 11.2. The Morgan fingerprint density at radius 1 is 1.24 bits per heavy atom. The van der Waals surface area contributed by atoms with Gasteiger partial charge in [0.05, 0.1) is 34.3 Å². The second-order valence-electron chi connectivity index (χ2n) is 7.82. The number of thiophene rings is 1. The van der Waals surface area contributed by atoms with E-state index in [4.69, 9.17) is 4.74 Å². The van der Waals surface area contributed by atoms with Crippen LogP contribution in [0.2, 0.25) is 0 Å². The highest BCUT2D eigenvalue weighted by molar-refractivity contribution is 7.99. The second-order valence-corrected chi connectivity index (χ2v) is 9.78. The first-order chi connectivity index (χ1) is 18.0. The van der Waals surface area contributed by atoms with E-state index >= 15 is 0 Å². The number of nitrogens with one attached hydrogen (secondary N) is 2. The monoisotopic (exact) mass is 560 g/mol. The molecule has 0 radical (unpaired) electrons. The summed E-state index contributed by atoms with van der Waals surface area (Å²) < 4.78 is 6.67. The van der Waals surface area contributed by atoms with E-state index in [9.17, 15) is 29.3 Å². The minimum Gasteiger partial charge on any atom is -0.462 e. The van der Waals surface area contributed by atoms with Gasteiger partial charge >= 0.3 is 5.97 Å². The molecule has 15 heteroatoms. The van der Waals surface area contributed by atoms with Crippen LogP contribution in [0.3, 0.4) is 0 Å². The molecule has 0 spiro atoms. The lowest BCUT2D eigenvalue weighted by atomic mass is 10.1. The molecule has 0 atom stereocenters. The molecule has 1 aromatic carbocycles. The summed E-state index contributed by atoms with van der Waals surface area (Å²) in [6.07, 6.45) is 0. The molecule has 2 aromatic heterocycles. The van der Waals surface area contributed by atoms with Crippen LogP contribution in [0.4, 0.5) is 10.7 Å². The average Bonchev–Trinajstić information content (AvgIpc) is 3.40. The van der Waals surface area contributed by atoms with Gasteiger partial charge in [-0.15, -0.1) is 21.5 Å². The van der Waals surface area contributed by atoms with Gasteiger partial charge in [0, 0.05) is 24.7 Å². The molecule has 0 saturated heterocycles. The minimum atomic E-state index is -0.623. The van der Waals surface area contributed by atoms with Crippen LogP contribution < -0.4 is 10.6 Å². The molecule has 0 aliphatic heterocycles. The molecule has 3 rings (SSSR count). The van der Waals surface area contributed by atoms with Crippen molar-refractivity contribution >= 4 is 57.4 Å². The number of carbonyl (C=O) groups is 4. The summed E-state index contributed by atoms with van der Waals surface area (Å²) in [4.78, 5) is 60.1. The fourth-order valence-electron chi connectivity index (χ4n) is 3.33. The summed E-state index contributed by atoms with van der Waals surface area (Å²) >= 11 is 2.10. The molecule has 0 fully saturated rings. The number of thioether (sulfide) groups is 1. The molecule has 0 saturated carbocycles. The normalized spacial score (nSPS) is 10.6. The van der Waals surface area contributed by atoms with Crippen LogP contribution >= 0.6 is 23.1 Å². The number of aromatic nitrogens is 3. The Labute approximate surface area is 225 Å². The number of amides is 2. The topological polar surface area (TPSA) is 175 Å². The molecule has 0 bridgehead atoms. The third kappa shape index (κ3) is 6.60. The Bertz CT molecular complexity index is 1420. The molecule has 3 aromatic rings. The van der Waals surface area contributed by atoms with E-state index in [0.717, 1.165) is 23.1 Å². The van der Waals surface area contributed by atoms with Crippen molar-refractivity contribution in [2.24, 2.45) is 7.05 Å². The molecule has 200 valence electrons. The number of esters is 1. The molecule has 2 amide bonds. The summed E-state index contributed by atoms with van der Waals surface area (Å²) in [7, 11) is 1.66. The predicted molar refractivity (Wildman–Crippen MR) is 140 cm³/mol. The number of nitro groups is 1. The lowest BCUT2D eigenvalue weighted by Crippen LogP contribution is -2.24. The van der Waals surface area contributed by atoms with E-state index < -0.39 is 22.7 Å². The number of rotatable bonds is 11. The summed E-state index contributed by atoms with van der Waals surface area (Å²) in [5.41, 5.74) is 0.541. The average molecular weight is 561 g/mol. The van der Waals surface area contributed by atoms with E-state index in [1.54, 1.807) is 25.5 Å². The largest absolute Gasteiger partial charge is 0.462 e. The molecular weight excluding hydrogens is 536 g/mol. The quantitative estimate of drug-likeness (QED) is 0.116. The summed E-state index contributed by atoms with van der Waals surface area (Å²) in [5.74, 6) is -1.46. The number of hydrogen-bond acceptors (Lipinski definition) is 11. The Kier molecular flexibility index (Phi) is 9.30.